The molecule has 0 saturated carbocycles. The molecule has 11 heteroatoms. The fourth-order valence-corrected chi connectivity index (χ4v) is 6.12. The third-order valence-corrected chi connectivity index (χ3v) is 7.20. The Bertz CT molecular complexity index is 893. The maximum Gasteiger partial charge on any atom is 0.414 e. The number of rotatable bonds is 4. The number of fused-ring (bicyclic) bond motifs is 2. The summed E-state index contributed by atoms with van der Waals surface area (Å²) in [6.45, 7) is 0.463. The normalized spacial score (nSPS) is 28.9. The molecule has 3 saturated heterocycles. The van der Waals surface area contributed by atoms with E-state index in [4.69, 9.17) is 4.74 Å². The lowest BCUT2D eigenvalue weighted by Crippen LogP contribution is -2.49. The number of benzene rings is 1. The number of ether oxygens (including phenoxy) is 1. The first-order chi connectivity index (χ1) is 14.0. The predicted molar refractivity (Wildman–Crippen MR) is 101 cm³/mol. The molecule has 1 aromatic carbocycles. The van der Waals surface area contributed by atoms with Gasteiger partial charge in [0.25, 0.3) is 0 Å². The first-order valence-electron chi connectivity index (χ1n) is 9.44. The van der Waals surface area contributed by atoms with Crippen LogP contribution in [0.25, 0.3) is 0 Å². The molecule has 0 aliphatic carbocycles. The second-order valence-corrected chi connectivity index (χ2v) is 9.11. The summed E-state index contributed by atoms with van der Waals surface area (Å²) < 4.78 is 48.7. The van der Waals surface area contributed by atoms with E-state index in [1.54, 1.807) is 11.1 Å². The van der Waals surface area contributed by atoms with Crippen molar-refractivity contribution in [3.05, 3.63) is 36.2 Å². The van der Waals surface area contributed by atoms with Crippen molar-refractivity contribution in [2.24, 2.45) is 0 Å². The average Bonchev–Trinajstić information content (AvgIpc) is 3.35. The molecule has 0 spiro atoms. The molecule has 0 radical (unpaired) electrons. The van der Waals surface area contributed by atoms with Crippen molar-refractivity contribution in [3.8, 4) is 0 Å². The van der Waals surface area contributed by atoms with Gasteiger partial charge in [-0.2, -0.15) is 0 Å². The van der Waals surface area contributed by atoms with Gasteiger partial charge in [-0.15, -0.1) is 5.10 Å². The van der Waals surface area contributed by atoms with E-state index < -0.39 is 35.0 Å². The molecule has 2 bridgehead atoms. The molecule has 1 amide bonds. The lowest BCUT2D eigenvalue weighted by Gasteiger charge is -2.37. The molecular formula is C18H19F2N5O3S. The molecule has 8 nitrogen and oxygen atoms in total. The van der Waals surface area contributed by atoms with E-state index in [1.807, 2.05) is 0 Å². The Balaban J connectivity index is 1.38. The zero-order chi connectivity index (χ0) is 20.1. The van der Waals surface area contributed by atoms with Gasteiger partial charge in [0.2, 0.25) is 0 Å². The second kappa shape index (κ2) is 7.13. The third-order valence-electron chi connectivity index (χ3n) is 5.68. The smallest absolute Gasteiger partial charge is 0.414 e. The number of cyclic esters (lactones) is 1. The standard InChI is InChI=1S/C18H19F2N5O3S/c19-15-5-13(24-8-14(28-18(24)26)7-23-4-3-21-22-23)6-16(20)17(15)25-11-1-2-12(25)10-29(27)9-11/h3-6,11-12,14H,1-2,7-10H2/t11?,12?,14-,29?/m0/s1. The highest BCUT2D eigenvalue weighted by Crippen LogP contribution is 2.40. The highest BCUT2D eigenvalue weighted by atomic mass is 32.2. The summed E-state index contributed by atoms with van der Waals surface area (Å²) in [7, 11) is 0. The zero-order valence-electron chi connectivity index (χ0n) is 15.4. The van der Waals surface area contributed by atoms with Gasteiger partial charge in [-0.1, -0.05) is 5.21 Å². The summed E-state index contributed by atoms with van der Waals surface area (Å²) >= 11 is -0.942. The Morgan fingerprint density at radius 1 is 1.21 bits per heavy atom. The van der Waals surface area contributed by atoms with Crippen molar-refractivity contribution in [2.45, 2.75) is 37.6 Å². The molecule has 3 aliphatic heterocycles. The fraction of sp³-hybridized carbons (Fsp3) is 0.500. The number of amides is 1. The zero-order valence-corrected chi connectivity index (χ0v) is 16.2. The highest BCUT2D eigenvalue weighted by molar-refractivity contribution is 7.91. The van der Waals surface area contributed by atoms with E-state index in [9.17, 15) is 18.1 Å². The summed E-state index contributed by atoms with van der Waals surface area (Å²) in [5.74, 6) is -0.590. The number of carbonyl (C=O) groups is 1. The maximum absolute atomic E-state index is 15.0. The third kappa shape index (κ3) is 3.31. The van der Waals surface area contributed by atoms with Gasteiger partial charge in [-0.05, 0) is 24.0 Å². The molecule has 0 N–H and O–H groups in total. The van der Waals surface area contributed by atoms with Gasteiger partial charge >= 0.3 is 6.09 Å². The quantitative estimate of drug-likeness (QED) is 0.696. The molecule has 29 heavy (non-hydrogen) atoms. The van der Waals surface area contributed by atoms with Crippen LogP contribution in [0.4, 0.5) is 25.0 Å². The molecule has 4 heterocycles. The van der Waals surface area contributed by atoms with E-state index >= 15 is 0 Å². The first-order valence-corrected chi connectivity index (χ1v) is 10.9. The number of halogens is 2. The van der Waals surface area contributed by atoms with Gasteiger partial charge in [0.05, 0.1) is 37.1 Å². The summed E-state index contributed by atoms with van der Waals surface area (Å²) in [6, 6.07) is 2.10. The molecule has 154 valence electrons. The molecule has 2 aromatic rings. The molecular weight excluding hydrogens is 404 g/mol. The van der Waals surface area contributed by atoms with Crippen LogP contribution < -0.4 is 9.80 Å². The largest absolute Gasteiger partial charge is 0.616 e. The van der Waals surface area contributed by atoms with Crippen molar-refractivity contribution < 1.29 is 22.9 Å². The molecule has 3 aliphatic rings. The van der Waals surface area contributed by atoms with E-state index in [0.29, 0.717) is 18.1 Å². The predicted octanol–water partition coefficient (Wildman–Crippen LogP) is 1.68. The van der Waals surface area contributed by atoms with Crippen LogP contribution >= 0.6 is 0 Å². The Morgan fingerprint density at radius 3 is 2.52 bits per heavy atom. The Kier molecular flexibility index (Phi) is 4.58. The van der Waals surface area contributed by atoms with Crippen LogP contribution in [0, 0.1) is 11.6 Å². The molecule has 2 unspecified atom stereocenters. The van der Waals surface area contributed by atoms with Crippen molar-refractivity contribution in [1.82, 2.24) is 15.0 Å². The van der Waals surface area contributed by atoms with Crippen molar-refractivity contribution in [2.75, 3.05) is 27.9 Å². The Morgan fingerprint density at radius 2 is 1.90 bits per heavy atom. The Hall–Kier alpha value is -2.40. The highest BCUT2D eigenvalue weighted by Gasteiger charge is 2.45. The van der Waals surface area contributed by atoms with E-state index in [1.165, 1.54) is 27.9 Å². The first kappa shape index (κ1) is 18.6. The number of carbonyl (C=O) groups excluding carboxylic acids is 1. The van der Waals surface area contributed by atoms with Gasteiger partial charge in [0.15, 0.2) is 11.6 Å². The van der Waals surface area contributed by atoms with Crippen LogP contribution in [-0.2, 0) is 22.5 Å². The monoisotopic (exact) mass is 423 g/mol. The number of anilines is 2. The Labute approximate surface area is 168 Å². The number of aromatic nitrogens is 3. The summed E-state index contributed by atoms with van der Waals surface area (Å²) in [5.41, 5.74) is 0.0208. The van der Waals surface area contributed by atoms with Gasteiger partial charge in [-0.25, -0.2) is 18.3 Å². The fourth-order valence-electron chi connectivity index (χ4n) is 4.47. The average molecular weight is 423 g/mol. The van der Waals surface area contributed by atoms with Crippen LogP contribution in [0.2, 0.25) is 0 Å². The van der Waals surface area contributed by atoms with E-state index in [2.05, 4.69) is 10.3 Å². The van der Waals surface area contributed by atoms with Crippen molar-refractivity contribution in [3.63, 3.8) is 0 Å². The number of hydrogen-bond acceptors (Lipinski definition) is 6. The van der Waals surface area contributed by atoms with E-state index in [-0.39, 0.29) is 30.0 Å². The molecule has 3 fully saturated rings. The lowest BCUT2D eigenvalue weighted by atomic mass is 10.2. The van der Waals surface area contributed by atoms with Gasteiger partial charge < -0.3 is 14.2 Å². The molecule has 5 rings (SSSR count). The molecule has 3 atom stereocenters. The van der Waals surface area contributed by atoms with Gasteiger partial charge in [0, 0.05) is 18.3 Å². The van der Waals surface area contributed by atoms with Crippen LogP contribution in [0.15, 0.2) is 24.5 Å². The van der Waals surface area contributed by atoms with Crippen molar-refractivity contribution >= 4 is 28.6 Å². The van der Waals surface area contributed by atoms with Crippen molar-refractivity contribution in [1.29, 1.82) is 0 Å². The second-order valence-electron chi connectivity index (χ2n) is 7.56. The summed E-state index contributed by atoms with van der Waals surface area (Å²) in [5, 5.41) is 7.52. The van der Waals surface area contributed by atoms with Gasteiger partial charge in [-0.3, -0.25) is 4.90 Å². The number of nitrogens with zero attached hydrogens (tertiary/aromatic N) is 5. The van der Waals surface area contributed by atoms with Crippen LogP contribution in [0.5, 0.6) is 0 Å². The minimum atomic E-state index is -0.942. The topological polar surface area (TPSA) is 86.6 Å². The SMILES string of the molecule is O=C1O[C@@H](Cn2ccnn2)CN1c1cc(F)c(N2C3CCC2C[S+]([O-])C3)c(F)c1. The van der Waals surface area contributed by atoms with Gasteiger partial charge in [0.1, 0.15) is 23.3 Å². The van der Waals surface area contributed by atoms with Crippen LogP contribution in [-0.4, -0.2) is 61.9 Å². The molecule has 1 aromatic heterocycles. The maximum atomic E-state index is 15.0. The van der Waals surface area contributed by atoms with Crippen LogP contribution in [0.1, 0.15) is 12.8 Å². The lowest BCUT2D eigenvalue weighted by molar-refractivity contribution is 0.129. The number of hydrogen-bond donors (Lipinski definition) is 0. The minimum Gasteiger partial charge on any atom is -0.616 e. The van der Waals surface area contributed by atoms with Crippen LogP contribution in [0.3, 0.4) is 0 Å². The minimum absolute atomic E-state index is 0.0929. The van der Waals surface area contributed by atoms with E-state index in [0.717, 1.165) is 12.8 Å². The summed E-state index contributed by atoms with van der Waals surface area (Å²) in [6.07, 6.45) is 3.56. The summed E-state index contributed by atoms with van der Waals surface area (Å²) in [4.78, 5) is 15.2.